The van der Waals surface area contributed by atoms with E-state index < -0.39 is 0 Å². The van der Waals surface area contributed by atoms with Crippen LogP contribution in [0.25, 0.3) is 10.9 Å². The molecular formula is C23H32N4O. The summed E-state index contributed by atoms with van der Waals surface area (Å²) in [5, 5.41) is 4.55. The van der Waals surface area contributed by atoms with E-state index in [1.54, 1.807) is 0 Å². The molecule has 5 nitrogen and oxygen atoms in total. The minimum Gasteiger partial charge on any atom is -0.369 e. The fourth-order valence-electron chi connectivity index (χ4n) is 4.90. The summed E-state index contributed by atoms with van der Waals surface area (Å²) in [6, 6.07) is 6.70. The topological polar surface area (TPSA) is 48.5 Å². The number of anilines is 1. The standard InChI is InChI=1S/C23H32N4O/c1-16-8-10-24-23-17(2)6-7-20(22(16)23)27-12-9-19(15-27)25-21(28)13-18-5-4-11-26(3)14-18/h6-8,10,18-19H,4-5,9,11-15H2,1-3H3,(H,25,28)/t18-,19-/m1/s1. The third-order valence-corrected chi connectivity index (χ3v) is 6.37. The molecule has 1 N–H and O–H groups in total. The van der Waals surface area contributed by atoms with Crippen molar-refractivity contribution in [3.8, 4) is 0 Å². The Hall–Kier alpha value is -2.14. The third-order valence-electron chi connectivity index (χ3n) is 6.37. The molecule has 0 unspecified atom stereocenters. The Labute approximate surface area is 168 Å². The van der Waals surface area contributed by atoms with Crippen LogP contribution in [0.4, 0.5) is 5.69 Å². The Morgan fingerprint density at radius 3 is 2.82 bits per heavy atom. The van der Waals surface area contributed by atoms with Crippen LogP contribution < -0.4 is 10.2 Å². The first-order chi connectivity index (χ1) is 13.5. The van der Waals surface area contributed by atoms with Gasteiger partial charge in [0.2, 0.25) is 5.91 Å². The summed E-state index contributed by atoms with van der Waals surface area (Å²) >= 11 is 0. The van der Waals surface area contributed by atoms with E-state index >= 15 is 0 Å². The lowest BCUT2D eigenvalue weighted by molar-refractivity contribution is -0.122. The quantitative estimate of drug-likeness (QED) is 0.884. The van der Waals surface area contributed by atoms with Crippen molar-refractivity contribution in [2.24, 2.45) is 5.92 Å². The number of likely N-dealkylation sites (tertiary alicyclic amines) is 1. The SMILES string of the molecule is Cc1ccc(N2CC[C@@H](NC(=O)C[C@H]3CCCN(C)C3)C2)c2c(C)ccnc12. The molecule has 2 saturated heterocycles. The van der Waals surface area contributed by atoms with Crippen LogP contribution in [0.15, 0.2) is 24.4 Å². The average Bonchev–Trinajstić information content (AvgIpc) is 3.11. The van der Waals surface area contributed by atoms with Crippen LogP contribution in [-0.2, 0) is 4.79 Å². The van der Waals surface area contributed by atoms with E-state index in [0.29, 0.717) is 12.3 Å². The Kier molecular flexibility index (Phi) is 5.54. The summed E-state index contributed by atoms with van der Waals surface area (Å²) in [7, 11) is 2.15. The van der Waals surface area contributed by atoms with Crippen molar-refractivity contribution in [2.75, 3.05) is 38.1 Å². The number of rotatable bonds is 4. The van der Waals surface area contributed by atoms with Crippen molar-refractivity contribution >= 4 is 22.5 Å². The molecule has 0 spiro atoms. The second-order valence-electron chi connectivity index (χ2n) is 8.73. The van der Waals surface area contributed by atoms with E-state index in [2.05, 4.69) is 59.2 Å². The van der Waals surface area contributed by atoms with Gasteiger partial charge in [0.25, 0.3) is 0 Å². The number of hydrogen-bond donors (Lipinski definition) is 1. The summed E-state index contributed by atoms with van der Waals surface area (Å²) in [4.78, 5) is 21.9. The highest BCUT2D eigenvalue weighted by atomic mass is 16.1. The maximum absolute atomic E-state index is 12.6. The van der Waals surface area contributed by atoms with E-state index in [0.717, 1.165) is 38.1 Å². The van der Waals surface area contributed by atoms with Gasteiger partial charge in [-0.3, -0.25) is 9.78 Å². The number of benzene rings is 1. The molecule has 3 heterocycles. The molecule has 28 heavy (non-hydrogen) atoms. The van der Waals surface area contributed by atoms with Gasteiger partial charge in [-0.2, -0.15) is 0 Å². The van der Waals surface area contributed by atoms with E-state index in [4.69, 9.17) is 0 Å². The molecule has 1 aromatic heterocycles. The van der Waals surface area contributed by atoms with Crippen LogP contribution in [0.3, 0.4) is 0 Å². The number of pyridine rings is 1. The molecule has 0 aliphatic carbocycles. The molecule has 4 rings (SSSR count). The first-order valence-electron chi connectivity index (χ1n) is 10.6. The molecule has 150 valence electrons. The Balaban J connectivity index is 1.41. The smallest absolute Gasteiger partial charge is 0.220 e. The summed E-state index contributed by atoms with van der Waals surface area (Å²) in [5.74, 6) is 0.727. The van der Waals surface area contributed by atoms with Crippen molar-refractivity contribution in [3.63, 3.8) is 0 Å². The largest absolute Gasteiger partial charge is 0.369 e. The maximum Gasteiger partial charge on any atom is 0.220 e. The zero-order chi connectivity index (χ0) is 19.7. The molecule has 2 fully saturated rings. The minimum absolute atomic E-state index is 0.221. The first kappa shape index (κ1) is 19.2. The second-order valence-corrected chi connectivity index (χ2v) is 8.73. The van der Waals surface area contributed by atoms with Gasteiger partial charge in [-0.15, -0.1) is 0 Å². The summed E-state index contributed by atoms with van der Waals surface area (Å²) < 4.78 is 0. The van der Waals surface area contributed by atoms with Crippen molar-refractivity contribution < 1.29 is 4.79 Å². The van der Waals surface area contributed by atoms with Gasteiger partial charge >= 0.3 is 0 Å². The van der Waals surface area contributed by atoms with Gasteiger partial charge in [0.15, 0.2) is 0 Å². The van der Waals surface area contributed by atoms with Crippen molar-refractivity contribution in [3.05, 3.63) is 35.5 Å². The van der Waals surface area contributed by atoms with Gasteiger partial charge in [0.1, 0.15) is 0 Å². The van der Waals surface area contributed by atoms with Gasteiger partial charge in [-0.1, -0.05) is 6.07 Å². The predicted molar refractivity (Wildman–Crippen MR) is 115 cm³/mol. The summed E-state index contributed by atoms with van der Waals surface area (Å²) in [5.41, 5.74) is 4.81. The minimum atomic E-state index is 0.221. The van der Waals surface area contributed by atoms with Crippen LogP contribution in [-0.4, -0.2) is 55.1 Å². The second kappa shape index (κ2) is 8.08. The normalized spacial score (nSPS) is 23.3. The van der Waals surface area contributed by atoms with E-state index in [1.165, 1.54) is 35.0 Å². The Morgan fingerprint density at radius 2 is 2.00 bits per heavy atom. The number of fused-ring (bicyclic) bond motifs is 1. The number of hydrogen-bond acceptors (Lipinski definition) is 4. The van der Waals surface area contributed by atoms with Crippen LogP contribution in [0.5, 0.6) is 0 Å². The van der Waals surface area contributed by atoms with Crippen LogP contribution in [0.2, 0.25) is 0 Å². The highest BCUT2D eigenvalue weighted by Crippen LogP contribution is 2.32. The summed E-state index contributed by atoms with van der Waals surface area (Å²) in [6.07, 6.45) is 5.95. The van der Waals surface area contributed by atoms with Gasteiger partial charge in [0, 0.05) is 49.4 Å². The molecular weight excluding hydrogens is 348 g/mol. The van der Waals surface area contributed by atoms with Crippen LogP contribution in [0.1, 0.15) is 36.8 Å². The van der Waals surface area contributed by atoms with Crippen LogP contribution in [0, 0.1) is 19.8 Å². The summed E-state index contributed by atoms with van der Waals surface area (Å²) in [6.45, 7) is 8.34. The number of carbonyl (C=O) groups excluding carboxylic acids is 1. The van der Waals surface area contributed by atoms with Gasteiger partial charge in [-0.05, 0) is 75.9 Å². The van der Waals surface area contributed by atoms with Gasteiger partial charge in [0.05, 0.1) is 5.52 Å². The number of aryl methyl sites for hydroxylation is 2. The highest BCUT2D eigenvalue weighted by molar-refractivity contribution is 5.96. The lowest BCUT2D eigenvalue weighted by atomic mass is 9.95. The first-order valence-corrected chi connectivity index (χ1v) is 10.6. The molecule has 0 radical (unpaired) electrons. The number of aromatic nitrogens is 1. The number of nitrogens with zero attached hydrogens (tertiary/aromatic N) is 3. The highest BCUT2D eigenvalue weighted by Gasteiger charge is 2.27. The molecule has 0 saturated carbocycles. The molecule has 1 aromatic carbocycles. The molecule has 2 aromatic rings. The molecule has 1 amide bonds. The molecule has 2 atom stereocenters. The number of nitrogens with one attached hydrogen (secondary N) is 1. The lowest BCUT2D eigenvalue weighted by Gasteiger charge is -2.29. The maximum atomic E-state index is 12.6. The van der Waals surface area contributed by atoms with Gasteiger partial charge < -0.3 is 15.1 Å². The average molecular weight is 381 g/mol. The van der Waals surface area contributed by atoms with E-state index in [-0.39, 0.29) is 11.9 Å². The van der Waals surface area contributed by atoms with Crippen molar-refractivity contribution in [1.82, 2.24) is 15.2 Å². The predicted octanol–water partition coefficient (Wildman–Crippen LogP) is 3.28. The van der Waals surface area contributed by atoms with Gasteiger partial charge in [-0.25, -0.2) is 0 Å². The fraction of sp³-hybridized carbons (Fsp3) is 0.565. The molecule has 2 aliphatic heterocycles. The fourth-order valence-corrected chi connectivity index (χ4v) is 4.90. The molecule has 2 aliphatic rings. The van der Waals surface area contributed by atoms with Crippen molar-refractivity contribution in [1.29, 1.82) is 0 Å². The molecule has 5 heteroatoms. The van der Waals surface area contributed by atoms with Crippen LogP contribution >= 0.6 is 0 Å². The molecule has 0 bridgehead atoms. The Morgan fingerprint density at radius 1 is 1.14 bits per heavy atom. The van der Waals surface area contributed by atoms with E-state index in [9.17, 15) is 4.79 Å². The monoisotopic (exact) mass is 380 g/mol. The zero-order valence-corrected chi connectivity index (χ0v) is 17.4. The number of piperidine rings is 1. The third kappa shape index (κ3) is 4.00. The van der Waals surface area contributed by atoms with Crippen molar-refractivity contribution in [2.45, 2.75) is 45.6 Å². The Bertz CT molecular complexity index is 865. The number of amides is 1. The lowest BCUT2D eigenvalue weighted by Crippen LogP contribution is -2.40. The number of carbonyl (C=O) groups is 1. The zero-order valence-electron chi connectivity index (χ0n) is 17.4. The van der Waals surface area contributed by atoms with E-state index in [1.807, 2.05) is 6.20 Å².